The van der Waals surface area contributed by atoms with Crippen molar-refractivity contribution in [1.82, 2.24) is 9.97 Å². The van der Waals surface area contributed by atoms with E-state index in [1.807, 2.05) is 60.7 Å². The molecule has 0 radical (unpaired) electrons. The molecule has 0 saturated carbocycles. The standard InChI is InChI=1S/C22H20ClN3O3.ClH/c1-28-21-10-14(6-9-20(21)29-13-15-4-2-3-5-17(15)23)12-24-16-7-8-18-19(11-16)26-22(27)25-18;/h2-11,24H,12-13H2,1H3,(H2,25,26,27);1H/p-1. The van der Waals surface area contributed by atoms with E-state index in [4.69, 9.17) is 21.1 Å². The Morgan fingerprint density at radius 3 is 2.57 bits per heavy atom. The molecule has 3 aromatic carbocycles. The first kappa shape index (κ1) is 21.6. The molecule has 0 aliphatic rings. The molecular weight excluding hydrogens is 425 g/mol. The number of hydrogen-bond donors (Lipinski definition) is 3. The second-order valence-electron chi connectivity index (χ2n) is 6.56. The first-order chi connectivity index (χ1) is 14.1. The first-order valence-corrected chi connectivity index (χ1v) is 9.49. The Morgan fingerprint density at radius 1 is 0.967 bits per heavy atom. The summed E-state index contributed by atoms with van der Waals surface area (Å²) >= 11 is 6.19. The van der Waals surface area contributed by atoms with Crippen molar-refractivity contribution < 1.29 is 21.9 Å². The second kappa shape index (κ2) is 9.61. The molecule has 3 N–H and O–H groups in total. The maximum Gasteiger partial charge on any atom is 0.323 e. The zero-order valence-corrected chi connectivity index (χ0v) is 17.7. The summed E-state index contributed by atoms with van der Waals surface area (Å²) in [4.78, 5) is 16.9. The molecule has 0 amide bonds. The molecule has 0 aliphatic heterocycles. The third kappa shape index (κ3) is 4.90. The number of nitrogens with one attached hydrogen (secondary N) is 3. The summed E-state index contributed by atoms with van der Waals surface area (Å²) < 4.78 is 11.4. The highest BCUT2D eigenvalue weighted by molar-refractivity contribution is 6.31. The van der Waals surface area contributed by atoms with Crippen LogP contribution < -0.4 is 32.9 Å². The molecule has 8 heteroatoms. The molecule has 6 nitrogen and oxygen atoms in total. The van der Waals surface area contributed by atoms with Crippen LogP contribution >= 0.6 is 11.6 Å². The largest absolute Gasteiger partial charge is 1.00 e. The molecule has 4 rings (SSSR count). The maximum absolute atomic E-state index is 11.4. The highest BCUT2D eigenvalue weighted by Gasteiger charge is 2.08. The van der Waals surface area contributed by atoms with E-state index in [2.05, 4.69) is 15.3 Å². The molecule has 0 atom stereocenters. The van der Waals surface area contributed by atoms with Crippen LogP contribution in [0.5, 0.6) is 11.5 Å². The number of rotatable bonds is 7. The van der Waals surface area contributed by atoms with Crippen LogP contribution in [0.2, 0.25) is 5.02 Å². The second-order valence-corrected chi connectivity index (χ2v) is 6.97. The molecule has 0 fully saturated rings. The smallest absolute Gasteiger partial charge is 0.323 e. The number of aromatic nitrogens is 2. The predicted octanol–water partition coefficient (Wildman–Crippen LogP) is 1.71. The fourth-order valence-corrected chi connectivity index (χ4v) is 3.25. The van der Waals surface area contributed by atoms with Crippen molar-refractivity contribution in [3.63, 3.8) is 0 Å². The minimum atomic E-state index is -0.214. The van der Waals surface area contributed by atoms with Gasteiger partial charge in [0.05, 0.1) is 18.1 Å². The average Bonchev–Trinajstić information content (AvgIpc) is 3.11. The van der Waals surface area contributed by atoms with Crippen LogP contribution in [0.3, 0.4) is 0 Å². The number of halogens is 2. The van der Waals surface area contributed by atoms with Gasteiger partial charge < -0.3 is 37.2 Å². The Hall–Kier alpha value is -3.09. The number of ether oxygens (including phenoxy) is 2. The molecule has 0 saturated heterocycles. The Kier molecular flexibility index (Phi) is 6.92. The lowest BCUT2D eigenvalue weighted by atomic mass is 10.2. The Morgan fingerprint density at radius 2 is 1.77 bits per heavy atom. The lowest BCUT2D eigenvalue weighted by Crippen LogP contribution is -3.00. The lowest BCUT2D eigenvalue weighted by molar-refractivity contribution is -0.00000644. The van der Waals surface area contributed by atoms with E-state index in [0.29, 0.717) is 29.7 Å². The zero-order chi connectivity index (χ0) is 20.2. The number of benzene rings is 3. The van der Waals surface area contributed by atoms with Gasteiger partial charge in [0.15, 0.2) is 11.5 Å². The SMILES string of the molecule is COc1cc(CNc2ccc3[nH]c(=O)[nH]c3c2)ccc1OCc1ccccc1Cl.[Cl-]. The van der Waals surface area contributed by atoms with Crippen molar-refractivity contribution in [2.45, 2.75) is 13.2 Å². The molecule has 4 aromatic rings. The summed E-state index contributed by atoms with van der Waals surface area (Å²) in [7, 11) is 1.62. The van der Waals surface area contributed by atoms with Crippen LogP contribution in [0.4, 0.5) is 5.69 Å². The van der Waals surface area contributed by atoms with Gasteiger partial charge >= 0.3 is 5.69 Å². The van der Waals surface area contributed by atoms with Crippen LogP contribution in [0.25, 0.3) is 11.0 Å². The third-order valence-electron chi connectivity index (χ3n) is 4.58. The van der Waals surface area contributed by atoms with Crippen molar-refractivity contribution in [3.05, 3.63) is 87.3 Å². The molecule has 156 valence electrons. The van der Waals surface area contributed by atoms with Gasteiger partial charge in [-0.25, -0.2) is 4.79 Å². The van der Waals surface area contributed by atoms with Crippen molar-refractivity contribution in [3.8, 4) is 11.5 Å². The summed E-state index contributed by atoms with van der Waals surface area (Å²) in [6.07, 6.45) is 0. The monoisotopic (exact) mass is 444 g/mol. The van der Waals surface area contributed by atoms with E-state index in [9.17, 15) is 4.79 Å². The van der Waals surface area contributed by atoms with E-state index in [-0.39, 0.29) is 18.1 Å². The normalized spacial score (nSPS) is 10.5. The quantitative estimate of drug-likeness (QED) is 0.405. The van der Waals surface area contributed by atoms with Crippen LogP contribution in [0, 0.1) is 0 Å². The van der Waals surface area contributed by atoms with E-state index in [0.717, 1.165) is 27.8 Å². The molecule has 0 aliphatic carbocycles. The molecule has 1 heterocycles. The Labute approximate surface area is 184 Å². The number of methoxy groups -OCH3 is 1. The van der Waals surface area contributed by atoms with Gasteiger partial charge in [-0.2, -0.15) is 0 Å². The fourth-order valence-electron chi connectivity index (χ4n) is 3.06. The molecule has 0 unspecified atom stereocenters. The van der Waals surface area contributed by atoms with Gasteiger partial charge in [0.25, 0.3) is 0 Å². The van der Waals surface area contributed by atoms with Crippen molar-refractivity contribution in [1.29, 1.82) is 0 Å². The van der Waals surface area contributed by atoms with E-state index in [1.54, 1.807) is 7.11 Å². The number of H-pyrrole nitrogens is 2. The van der Waals surface area contributed by atoms with Gasteiger partial charge in [-0.3, -0.25) is 0 Å². The number of hydrogen-bond acceptors (Lipinski definition) is 4. The fraction of sp³-hybridized carbons (Fsp3) is 0.136. The Bertz CT molecular complexity index is 1200. The van der Waals surface area contributed by atoms with Crippen LogP contribution in [-0.4, -0.2) is 17.1 Å². The van der Waals surface area contributed by atoms with Gasteiger partial charge in [0.2, 0.25) is 0 Å². The van der Waals surface area contributed by atoms with E-state index < -0.39 is 0 Å². The number of imidazole rings is 1. The van der Waals surface area contributed by atoms with Crippen molar-refractivity contribution in [2.24, 2.45) is 0 Å². The number of aromatic amines is 2. The zero-order valence-electron chi connectivity index (χ0n) is 16.2. The number of anilines is 1. The highest BCUT2D eigenvalue weighted by atomic mass is 35.5. The topological polar surface area (TPSA) is 79.1 Å². The van der Waals surface area contributed by atoms with Gasteiger partial charge in [-0.05, 0) is 42.0 Å². The summed E-state index contributed by atoms with van der Waals surface area (Å²) in [6, 6.07) is 19.1. The first-order valence-electron chi connectivity index (χ1n) is 9.11. The molecule has 0 bridgehead atoms. The van der Waals surface area contributed by atoms with E-state index >= 15 is 0 Å². The maximum atomic E-state index is 11.4. The molecule has 30 heavy (non-hydrogen) atoms. The summed E-state index contributed by atoms with van der Waals surface area (Å²) in [5.74, 6) is 1.31. The van der Waals surface area contributed by atoms with Crippen molar-refractivity contribution >= 4 is 28.3 Å². The molecular formula is C22H20Cl2N3O3-. The lowest BCUT2D eigenvalue weighted by Gasteiger charge is -2.13. The predicted molar refractivity (Wildman–Crippen MR) is 115 cm³/mol. The van der Waals surface area contributed by atoms with E-state index in [1.165, 1.54) is 0 Å². The summed E-state index contributed by atoms with van der Waals surface area (Å²) in [5.41, 5.74) is 4.19. The van der Waals surface area contributed by atoms with Gasteiger partial charge in [-0.15, -0.1) is 0 Å². The van der Waals surface area contributed by atoms with Crippen LogP contribution in [-0.2, 0) is 13.2 Å². The van der Waals surface area contributed by atoms with Crippen LogP contribution in [0.1, 0.15) is 11.1 Å². The minimum absolute atomic E-state index is 0. The minimum Gasteiger partial charge on any atom is -1.00 e. The number of fused-ring (bicyclic) bond motifs is 1. The highest BCUT2D eigenvalue weighted by Crippen LogP contribution is 2.30. The van der Waals surface area contributed by atoms with Crippen molar-refractivity contribution in [2.75, 3.05) is 12.4 Å². The average molecular weight is 445 g/mol. The Balaban J connectivity index is 0.00000256. The van der Waals surface area contributed by atoms with Gasteiger partial charge in [0.1, 0.15) is 6.61 Å². The summed E-state index contributed by atoms with van der Waals surface area (Å²) in [6.45, 7) is 0.962. The van der Waals surface area contributed by atoms with Crippen LogP contribution in [0.15, 0.2) is 65.5 Å². The third-order valence-corrected chi connectivity index (χ3v) is 4.95. The molecule has 1 aromatic heterocycles. The van der Waals surface area contributed by atoms with Gasteiger partial charge in [0, 0.05) is 22.8 Å². The summed E-state index contributed by atoms with van der Waals surface area (Å²) in [5, 5.41) is 4.02. The molecule has 0 spiro atoms. The van der Waals surface area contributed by atoms with Gasteiger partial charge in [-0.1, -0.05) is 35.9 Å².